The molecule has 0 spiro atoms. The van der Waals surface area contributed by atoms with Gasteiger partial charge in [0.15, 0.2) is 5.76 Å². The smallest absolute Gasteiger partial charge is 0.231 e. The summed E-state index contributed by atoms with van der Waals surface area (Å²) in [5.41, 5.74) is 3.07. The number of ether oxygens (including phenoxy) is 4. The Morgan fingerprint density at radius 3 is 2.42 bits per heavy atom. The zero-order valence-electron chi connectivity index (χ0n) is 17.4. The summed E-state index contributed by atoms with van der Waals surface area (Å²) >= 11 is 3.45. The van der Waals surface area contributed by atoms with Gasteiger partial charge in [0.1, 0.15) is 29.6 Å². The van der Waals surface area contributed by atoms with Gasteiger partial charge in [0.2, 0.25) is 5.78 Å². The van der Waals surface area contributed by atoms with E-state index in [1.54, 1.807) is 26.4 Å². The predicted octanol–water partition coefficient (Wildman–Crippen LogP) is 5.97. The van der Waals surface area contributed by atoms with Crippen molar-refractivity contribution in [2.45, 2.75) is 13.5 Å². The summed E-state index contributed by atoms with van der Waals surface area (Å²) in [5, 5.41) is 0. The van der Waals surface area contributed by atoms with Gasteiger partial charge < -0.3 is 18.9 Å². The number of benzene rings is 3. The average molecular weight is 481 g/mol. The van der Waals surface area contributed by atoms with E-state index in [0.717, 1.165) is 26.9 Å². The minimum Gasteiger partial charge on any atom is -0.497 e. The van der Waals surface area contributed by atoms with Crippen molar-refractivity contribution >= 4 is 27.8 Å². The van der Waals surface area contributed by atoms with Gasteiger partial charge >= 0.3 is 0 Å². The maximum Gasteiger partial charge on any atom is 0.231 e. The van der Waals surface area contributed by atoms with Crippen LogP contribution in [0.25, 0.3) is 6.08 Å². The summed E-state index contributed by atoms with van der Waals surface area (Å²) in [6.45, 7) is 2.29. The summed E-state index contributed by atoms with van der Waals surface area (Å²) in [4.78, 5) is 12.9. The highest BCUT2D eigenvalue weighted by Gasteiger charge is 2.30. The Bertz CT molecular complexity index is 1170. The molecule has 3 aromatic carbocycles. The van der Waals surface area contributed by atoms with Crippen LogP contribution in [-0.2, 0) is 6.61 Å². The zero-order valence-corrected chi connectivity index (χ0v) is 19.0. The molecule has 0 unspecified atom stereocenters. The fraction of sp³-hybridized carbons (Fsp3) is 0.160. The largest absolute Gasteiger partial charge is 0.497 e. The van der Waals surface area contributed by atoms with E-state index in [1.165, 1.54) is 0 Å². The van der Waals surface area contributed by atoms with Crippen molar-refractivity contribution in [3.05, 3.63) is 87.1 Å². The van der Waals surface area contributed by atoms with Gasteiger partial charge in [-0.15, -0.1) is 0 Å². The van der Waals surface area contributed by atoms with Crippen molar-refractivity contribution in [3.8, 4) is 23.0 Å². The summed E-state index contributed by atoms with van der Waals surface area (Å²) in [7, 11) is 3.23. The second-order valence-electron chi connectivity index (χ2n) is 7.03. The first-order chi connectivity index (χ1) is 15.0. The molecule has 0 bridgehead atoms. The molecule has 0 amide bonds. The van der Waals surface area contributed by atoms with Crippen LogP contribution in [-0.4, -0.2) is 20.0 Å². The summed E-state index contributed by atoms with van der Waals surface area (Å²) in [6.07, 6.45) is 1.70. The van der Waals surface area contributed by atoms with E-state index in [4.69, 9.17) is 18.9 Å². The van der Waals surface area contributed by atoms with Crippen molar-refractivity contribution in [2.75, 3.05) is 14.2 Å². The fourth-order valence-electron chi connectivity index (χ4n) is 3.37. The molecule has 1 aliphatic rings. The first-order valence-corrected chi connectivity index (χ1v) is 10.5. The van der Waals surface area contributed by atoms with Crippen LogP contribution in [0.3, 0.4) is 0 Å². The van der Waals surface area contributed by atoms with Crippen LogP contribution in [0.1, 0.15) is 27.0 Å². The molecule has 1 heterocycles. The minimum atomic E-state index is -0.165. The Labute approximate surface area is 189 Å². The van der Waals surface area contributed by atoms with Gasteiger partial charge in [0, 0.05) is 15.6 Å². The number of Topliss-reactive ketones (excluding diaryl/α,β-unsaturated/α-hetero) is 1. The Morgan fingerprint density at radius 2 is 1.71 bits per heavy atom. The lowest BCUT2D eigenvalue weighted by Crippen LogP contribution is -1.99. The fourth-order valence-corrected chi connectivity index (χ4v) is 3.75. The molecule has 4 rings (SSSR count). The van der Waals surface area contributed by atoms with Crippen LogP contribution in [0.2, 0.25) is 0 Å². The SMILES string of the molecule is COc1ccc(COc2ccc3c(c2C)O/C(=C\c2cc(Br)ccc2OC)C3=O)cc1. The minimum absolute atomic E-state index is 0.165. The average Bonchev–Trinajstić information content (AvgIpc) is 3.10. The number of fused-ring (bicyclic) bond motifs is 1. The predicted molar refractivity (Wildman–Crippen MR) is 122 cm³/mol. The molecule has 0 aliphatic carbocycles. The second kappa shape index (κ2) is 8.86. The highest BCUT2D eigenvalue weighted by atomic mass is 79.9. The van der Waals surface area contributed by atoms with E-state index in [9.17, 15) is 4.79 Å². The summed E-state index contributed by atoms with van der Waals surface area (Å²) in [6, 6.07) is 16.8. The molecule has 6 heteroatoms. The van der Waals surface area contributed by atoms with E-state index in [1.807, 2.05) is 55.5 Å². The van der Waals surface area contributed by atoms with E-state index in [-0.39, 0.29) is 11.5 Å². The number of hydrogen-bond acceptors (Lipinski definition) is 5. The van der Waals surface area contributed by atoms with E-state index in [0.29, 0.717) is 29.4 Å². The zero-order chi connectivity index (χ0) is 22.0. The van der Waals surface area contributed by atoms with Gasteiger partial charge in [-0.2, -0.15) is 0 Å². The van der Waals surface area contributed by atoms with Gasteiger partial charge in [-0.3, -0.25) is 4.79 Å². The number of carbonyl (C=O) groups is 1. The molecule has 0 aromatic heterocycles. The highest BCUT2D eigenvalue weighted by molar-refractivity contribution is 9.10. The van der Waals surface area contributed by atoms with Gasteiger partial charge in [-0.05, 0) is 61.0 Å². The Balaban J connectivity index is 1.57. The molecule has 0 atom stereocenters. The van der Waals surface area contributed by atoms with Crippen molar-refractivity contribution in [2.24, 2.45) is 0 Å². The lowest BCUT2D eigenvalue weighted by Gasteiger charge is -2.12. The molecule has 1 aliphatic heterocycles. The van der Waals surface area contributed by atoms with Crippen molar-refractivity contribution in [1.82, 2.24) is 0 Å². The third-order valence-electron chi connectivity index (χ3n) is 5.07. The molecule has 5 nitrogen and oxygen atoms in total. The molecule has 31 heavy (non-hydrogen) atoms. The lowest BCUT2D eigenvalue weighted by molar-refractivity contribution is 0.101. The van der Waals surface area contributed by atoms with E-state index in [2.05, 4.69) is 15.9 Å². The Kier molecular flexibility index (Phi) is 6.00. The number of rotatable bonds is 6. The van der Waals surface area contributed by atoms with Crippen LogP contribution in [0.5, 0.6) is 23.0 Å². The van der Waals surface area contributed by atoms with Crippen LogP contribution in [0.4, 0.5) is 0 Å². The van der Waals surface area contributed by atoms with E-state index >= 15 is 0 Å². The van der Waals surface area contributed by atoms with Crippen molar-refractivity contribution < 1.29 is 23.7 Å². The van der Waals surface area contributed by atoms with Gasteiger partial charge in [-0.1, -0.05) is 28.1 Å². The third kappa shape index (κ3) is 4.30. The topological polar surface area (TPSA) is 54.0 Å². The lowest BCUT2D eigenvalue weighted by atomic mass is 10.1. The standard InChI is InChI=1S/C25H21BrO5/c1-15-21(30-14-16-4-7-19(28-2)8-5-16)11-9-20-24(27)23(31-25(15)20)13-17-12-18(26)6-10-22(17)29-3/h4-13H,14H2,1-3H3/b23-13-. The summed E-state index contributed by atoms with van der Waals surface area (Å²) < 4.78 is 23.4. The Hall–Kier alpha value is -3.25. The van der Waals surface area contributed by atoms with Crippen molar-refractivity contribution in [1.29, 1.82) is 0 Å². The third-order valence-corrected chi connectivity index (χ3v) is 5.56. The van der Waals surface area contributed by atoms with Crippen LogP contribution in [0, 0.1) is 6.92 Å². The number of halogens is 1. The molecule has 0 saturated heterocycles. The molecule has 0 fully saturated rings. The molecule has 158 valence electrons. The molecule has 0 saturated carbocycles. The van der Waals surface area contributed by atoms with Gasteiger partial charge in [-0.25, -0.2) is 0 Å². The number of carbonyl (C=O) groups excluding carboxylic acids is 1. The molecular formula is C25H21BrO5. The number of ketones is 1. The molecule has 3 aromatic rings. The van der Waals surface area contributed by atoms with E-state index < -0.39 is 0 Å². The van der Waals surface area contributed by atoms with Gasteiger partial charge in [0.05, 0.1) is 19.8 Å². The molecule has 0 N–H and O–H groups in total. The molecule has 0 radical (unpaired) electrons. The monoisotopic (exact) mass is 480 g/mol. The van der Waals surface area contributed by atoms with Crippen LogP contribution in [0.15, 0.2) is 64.8 Å². The first-order valence-electron chi connectivity index (χ1n) is 9.67. The number of methoxy groups -OCH3 is 2. The van der Waals surface area contributed by atoms with Crippen LogP contribution < -0.4 is 18.9 Å². The highest BCUT2D eigenvalue weighted by Crippen LogP contribution is 2.40. The molecular weight excluding hydrogens is 460 g/mol. The maximum absolute atomic E-state index is 12.9. The number of allylic oxidation sites excluding steroid dienone is 1. The number of hydrogen-bond donors (Lipinski definition) is 0. The Morgan fingerprint density at radius 1 is 0.968 bits per heavy atom. The second-order valence-corrected chi connectivity index (χ2v) is 7.94. The van der Waals surface area contributed by atoms with Crippen molar-refractivity contribution in [3.63, 3.8) is 0 Å². The maximum atomic E-state index is 12.9. The first kappa shape index (κ1) is 21.0. The van der Waals surface area contributed by atoms with Gasteiger partial charge in [0.25, 0.3) is 0 Å². The van der Waals surface area contributed by atoms with Crippen LogP contribution >= 0.6 is 15.9 Å². The summed E-state index contributed by atoms with van der Waals surface area (Å²) in [5.74, 6) is 2.73. The quantitative estimate of drug-likeness (QED) is 0.406. The normalized spacial score (nSPS) is 13.7.